The third kappa shape index (κ3) is 2.03. The number of sulfone groups is 1. The van der Waals surface area contributed by atoms with Gasteiger partial charge in [-0.3, -0.25) is 14.4 Å². The molecule has 2 aromatic rings. The Labute approximate surface area is 172 Å². The number of aryl methyl sites for hydroxylation is 1. The topological polar surface area (TPSA) is 111 Å². The molecule has 1 aromatic heterocycles. The van der Waals surface area contributed by atoms with Gasteiger partial charge in [-0.1, -0.05) is 6.92 Å². The third-order valence-corrected chi connectivity index (χ3v) is 9.29. The number of carbonyl (C=O) groups excluding carboxylic acids is 3. The number of carbonyl (C=O) groups is 3. The molecule has 1 aliphatic heterocycles. The Morgan fingerprint density at radius 2 is 1.87 bits per heavy atom. The minimum absolute atomic E-state index is 0.111. The van der Waals surface area contributed by atoms with Gasteiger partial charge >= 0.3 is 0 Å². The predicted molar refractivity (Wildman–Crippen MR) is 106 cm³/mol. The van der Waals surface area contributed by atoms with E-state index in [9.17, 15) is 22.8 Å². The highest BCUT2D eigenvalue weighted by molar-refractivity contribution is 7.93. The summed E-state index contributed by atoms with van der Waals surface area (Å²) in [7, 11) is -3.72. The molecule has 154 valence electrons. The molecule has 6 rings (SSSR count). The number of Topliss-reactive ketones (excluding diaryl/α,β-unsaturated/α-hetero) is 2. The molecule has 30 heavy (non-hydrogen) atoms. The lowest BCUT2D eigenvalue weighted by Crippen LogP contribution is -2.61. The molecule has 0 bridgehead atoms. The van der Waals surface area contributed by atoms with Gasteiger partial charge in [0, 0.05) is 34.2 Å². The van der Waals surface area contributed by atoms with Crippen LogP contribution in [-0.2, 0) is 21.7 Å². The lowest BCUT2D eigenvalue weighted by molar-refractivity contribution is 0.0849. The summed E-state index contributed by atoms with van der Waals surface area (Å²) in [6.45, 7) is 2.15. The molecular formula is C22H19NO6S. The van der Waals surface area contributed by atoms with Crippen molar-refractivity contribution in [3.8, 4) is 0 Å². The zero-order valence-corrected chi connectivity index (χ0v) is 17.1. The van der Waals surface area contributed by atoms with E-state index in [0.717, 1.165) is 30.4 Å². The van der Waals surface area contributed by atoms with Crippen molar-refractivity contribution >= 4 is 27.2 Å². The zero-order chi connectivity index (χ0) is 21.0. The van der Waals surface area contributed by atoms with E-state index >= 15 is 0 Å². The Bertz CT molecular complexity index is 1300. The van der Waals surface area contributed by atoms with Crippen molar-refractivity contribution in [2.24, 2.45) is 0 Å². The van der Waals surface area contributed by atoms with E-state index in [4.69, 9.17) is 4.42 Å². The second kappa shape index (κ2) is 5.56. The molecule has 3 atom stereocenters. The Morgan fingerprint density at radius 1 is 1.10 bits per heavy atom. The monoisotopic (exact) mass is 425 g/mol. The fourth-order valence-electron chi connectivity index (χ4n) is 5.81. The van der Waals surface area contributed by atoms with Crippen molar-refractivity contribution in [2.75, 3.05) is 12.3 Å². The van der Waals surface area contributed by atoms with Crippen LogP contribution in [0.5, 0.6) is 0 Å². The standard InChI is InChI=1S/C22H19NO6S/c1-22-4-2-3-10-9-29-20(15(10)22)18(25)13-7-11-12(8-14(13)22)19(26)21-16(17(11)24)23-5-6-30(21,27)28/h7-9,16,21,23H,2-6H2,1H3. The van der Waals surface area contributed by atoms with Crippen molar-refractivity contribution < 1.29 is 27.2 Å². The number of nitrogens with one attached hydrogen (secondary N) is 1. The molecule has 0 spiro atoms. The number of furan rings is 1. The summed E-state index contributed by atoms with van der Waals surface area (Å²) in [5.41, 5.74) is 2.63. The molecule has 1 saturated heterocycles. The number of hydrogen-bond donors (Lipinski definition) is 1. The quantitative estimate of drug-likeness (QED) is 0.683. The molecule has 1 fully saturated rings. The van der Waals surface area contributed by atoms with Crippen molar-refractivity contribution in [1.29, 1.82) is 0 Å². The highest BCUT2D eigenvalue weighted by Gasteiger charge is 2.52. The number of rotatable bonds is 0. The molecule has 0 radical (unpaired) electrons. The minimum atomic E-state index is -3.72. The first-order chi connectivity index (χ1) is 14.2. The van der Waals surface area contributed by atoms with Crippen LogP contribution in [0.2, 0.25) is 0 Å². The van der Waals surface area contributed by atoms with Gasteiger partial charge in [0.05, 0.1) is 18.1 Å². The Balaban J connectivity index is 1.62. The van der Waals surface area contributed by atoms with Crippen LogP contribution in [-0.4, -0.2) is 49.4 Å². The second-order valence-electron chi connectivity index (χ2n) is 8.87. The smallest absolute Gasteiger partial charge is 0.228 e. The van der Waals surface area contributed by atoms with Crippen LogP contribution in [0.25, 0.3) is 0 Å². The van der Waals surface area contributed by atoms with Crippen molar-refractivity contribution in [3.05, 3.63) is 57.5 Å². The van der Waals surface area contributed by atoms with Gasteiger partial charge in [0.2, 0.25) is 5.78 Å². The molecule has 1 N–H and O–H groups in total. The molecule has 4 aliphatic rings. The van der Waals surface area contributed by atoms with Crippen LogP contribution in [0, 0.1) is 0 Å². The van der Waals surface area contributed by atoms with Crippen molar-refractivity contribution in [2.45, 2.75) is 42.9 Å². The summed E-state index contributed by atoms with van der Waals surface area (Å²) >= 11 is 0. The van der Waals surface area contributed by atoms with E-state index in [2.05, 4.69) is 5.32 Å². The average molecular weight is 425 g/mol. The molecular weight excluding hydrogens is 406 g/mol. The van der Waals surface area contributed by atoms with Gasteiger partial charge in [-0.25, -0.2) is 8.42 Å². The molecule has 8 heteroatoms. The molecule has 2 heterocycles. The number of ketones is 3. The van der Waals surface area contributed by atoms with Gasteiger partial charge in [-0.15, -0.1) is 0 Å². The van der Waals surface area contributed by atoms with Gasteiger partial charge in [0.15, 0.2) is 27.2 Å². The first-order valence-corrected chi connectivity index (χ1v) is 11.8. The lowest BCUT2D eigenvalue weighted by Gasteiger charge is -2.40. The van der Waals surface area contributed by atoms with E-state index in [1.807, 2.05) is 6.92 Å². The van der Waals surface area contributed by atoms with Gasteiger partial charge in [-0.2, -0.15) is 0 Å². The van der Waals surface area contributed by atoms with E-state index in [1.165, 1.54) is 6.07 Å². The maximum Gasteiger partial charge on any atom is 0.228 e. The van der Waals surface area contributed by atoms with Gasteiger partial charge in [0.25, 0.3) is 0 Å². The largest absolute Gasteiger partial charge is 0.460 e. The van der Waals surface area contributed by atoms with Crippen LogP contribution in [0.15, 0.2) is 22.8 Å². The SMILES string of the molecule is CC12CCCc3coc(c31)C(=O)c1cc3c(cc12)C(=O)C1C(NCCS1(=O)=O)C3=O. The van der Waals surface area contributed by atoms with Gasteiger partial charge < -0.3 is 9.73 Å². The summed E-state index contributed by atoms with van der Waals surface area (Å²) < 4.78 is 30.9. The molecule has 1 aromatic carbocycles. The summed E-state index contributed by atoms with van der Waals surface area (Å²) in [4.78, 5) is 39.6. The number of fused-ring (bicyclic) bond motifs is 4. The van der Waals surface area contributed by atoms with Crippen molar-refractivity contribution in [1.82, 2.24) is 5.32 Å². The highest BCUT2D eigenvalue weighted by atomic mass is 32.2. The van der Waals surface area contributed by atoms with E-state index < -0.39 is 38.1 Å². The zero-order valence-electron chi connectivity index (χ0n) is 16.3. The van der Waals surface area contributed by atoms with Gasteiger partial charge in [-0.05, 0) is 42.5 Å². The Hall–Kier alpha value is -2.58. The lowest BCUT2D eigenvalue weighted by atomic mass is 9.62. The van der Waals surface area contributed by atoms with E-state index in [0.29, 0.717) is 16.9 Å². The molecule has 0 saturated carbocycles. The van der Waals surface area contributed by atoms with E-state index in [1.54, 1.807) is 12.3 Å². The van der Waals surface area contributed by atoms with Crippen LogP contribution in [0.1, 0.15) is 73.3 Å². The first-order valence-electron chi connectivity index (χ1n) is 10.1. The molecule has 3 unspecified atom stereocenters. The van der Waals surface area contributed by atoms with E-state index in [-0.39, 0.29) is 29.2 Å². The van der Waals surface area contributed by atoms with Crippen LogP contribution in [0.4, 0.5) is 0 Å². The average Bonchev–Trinajstić information content (AvgIpc) is 3.15. The first kappa shape index (κ1) is 18.2. The van der Waals surface area contributed by atoms with Gasteiger partial charge in [0.1, 0.15) is 5.25 Å². The molecule has 0 amide bonds. The predicted octanol–water partition coefficient (Wildman–Crippen LogP) is 1.60. The van der Waals surface area contributed by atoms with Crippen LogP contribution >= 0.6 is 0 Å². The Kier molecular flexibility index (Phi) is 3.37. The fraction of sp³-hybridized carbons (Fsp3) is 0.409. The molecule has 3 aliphatic carbocycles. The fourth-order valence-corrected chi connectivity index (χ4v) is 7.56. The second-order valence-corrected chi connectivity index (χ2v) is 11.1. The highest BCUT2D eigenvalue weighted by Crippen LogP contribution is 2.50. The van der Waals surface area contributed by atoms with Crippen LogP contribution < -0.4 is 5.32 Å². The number of benzene rings is 1. The summed E-state index contributed by atoms with van der Waals surface area (Å²) in [6, 6.07) is 1.99. The maximum atomic E-state index is 13.3. The van der Waals surface area contributed by atoms with Crippen LogP contribution in [0.3, 0.4) is 0 Å². The summed E-state index contributed by atoms with van der Waals surface area (Å²) in [6.07, 6.45) is 4.14. The summed E-state index contributed by atoms with van der Waals surface area (Å²) in [5, 5.41) is 1.49. The number of hydrogen-bond acceptors (Lipinski definition) is 7. The molecule has 7 nitrogen and oxygen atoms in total. The maximum absolute atomic E-state index is 13.3. The van der Waals surface area contributed by atoms with Crippen molar-refractivity contribution in [3.63, 3.8) is 0 Å². The minimum Gasteiger partial charge on any atom is -0.460 e. The summed E-state index contributed by atoms with van der Waals surface area (Å²) in [5.74, 6) is -1.17. The Morgan fingerprint density at radius 3 is 2.67 bits per heavy atom. The normalized spacial score (nSPS) is 30.9. The third-order valence-electron chi connectivity index (χ3n) is 7.26.